The van der Waals surface area contributed by atoms with Gasteiger partial charge < -0.3 is 20.3 Å². The molecule has 0 saturated carbocycles. The quantitative estimate of drug-likeness (QED) is 0.750. The van der Waals surface area contributed by atoms with Crippen LogP contribution in [-0.4, -0.2) is 53.4 Å². The molecular weight excluding hydrogens is 312 g/mol. The molecule has 1 amide bonds. The SMILES string of the molecule is CC(C)(C)OCC(C(=O)O)N(CCN)C(=O)OCc1ccccc1. The van der Waals surface area contributed by atoms with Crippen molar-refractivity contribution < 1.29 is 24.2 Å². The number of carboxylic acids is 1. The van der Waals surface area contributed by atoms with E-state index >= 15 is 0 Å². The fourth-order valence-electron chi connectivity index (χ4n) is 1.94. The number of amides is 1. The second-order valence-corrected chi connectivity index (χ2v) is 6.30. The number of benzene rings is 1. The van der Waals surface area contributed by atoms with Crippen molar-refractivity contribution in [3.8, 4) is 0 Å². The second kappa shape index (κ2) is 9.24. The summed E-state index contributed by atoms with van der Waals surface area (Å²) in [6.07, 6.45) is -0.728. The molecule has 0 aliphatic heterocycles. The van der Waals surface area contributed by atoms with Gasteiger partial charge in [-0.3, -0.25) is 4.90 Å². The summed E-state index contributed by atoms with van der Waals surface area (Å²) in [5.74, 6) is -1.16. The molecule has 0 aliphatic carbocycles. The number of hydrogen-bond acceptors (Lipinski definition) is 5. The van der Waals surface area contributed by atoms with Gasteiger partial charge in [-0.1, -0.05) is 30.3 Å². The Hall–Kier alpha value is -2.12. The summed E-state index contributed by atoms with van der Waals surface area (Å²) in [4.78, 5) is 24.9. The summed E-state index contributed by atoms with van der Waals surface area (Å²) in [7, 11) is 0. The lowest BCUT2D eigenvalue weighted by atomic mass is 10.2. The maximum atomic E-state index is 12.3. The van der Waals surface area contributed by atoms with E-state index in [9.17, 15) is 14.7 Å². The number of nitrogens with zero attached hydrogens (tertiary/aromatic N) is 1. The van der Waals surface area contributed by atoms with E-state index in [1.807, 2.05) is 51.1 Å². The summed E-state index contributed by atoms with van der Waals surface area (Å²) in [5.41, 5.74) is 5.81. The molecule has 0 saturated heterocycles. The van der Waals surface area contributed by atoms with Crippen LogP contribution < -0.4 is 5.73 Å². The van der Waals surface area contributed by atoms with Gasteiger partial charge in [0.1, 0.15) is 6.61 Å². The molecule has 0 fully saturated rings. The maximum Gasteiger partial charge on any atom is 0.410 e. The molecule has 1 rings (SSSR count). The molecule has 0 spiro atoms. The molecule has 1 aromatic rings. The number of nitrogens with two attached hydrogens (primary N) is 1. The standard InChI is InChI=1S/C17H26N2O5/c1-17(2,3)24-12-14(15(20)21)19(10-9-18)16(22)23-11-13-7-5-4-6-8-13/h4-8,14H,9-12,18H2,1-3H3,(H,20,21). The van der Waals surface area contributed by atoms with Gasteiger partial charge in [0, 0.05) is 13.1 Å². The molecule has 0 heterocycles. The Bertz CT molecular complexity index is 528. The number of rotatable bonds is 8. The number of ether oxygens (including phenoxy) is 2. The third-order valence-electron chi connectivity index (χ3n) is 3.15. The summed E-state index contributed by atoms with van der Waals surface area (Å²) in [6.45, 7) is 5.55. The van der Waals surface area contributed by atoms with Gasteiger partial charge in [0.2, 0.25) is 0 Å². The van der Waals surface area contributed by atoms with E-state index in [4.69, 9.17) is 15.2 Å². The van der Waals surface area contributed by atoms with Gasteiger partial charge >= 0.3 is 12.1 Å². The van der Waals surface area contributed by atoms with Crippen molar-refractivity contribution in [2.24, 2.45) is 5.73 Å². The largest absolute Gasteiger partial charge is 0.480 e. The van der Waals surface area contributed by atoms with Crippen molar-refractivity contribution in [1.82, 2.24) is 4.90 Å². The van der Waals surface area contributed by atoms with Gasteiger partial charge in [0.25, 0.3) is 0 Å². The molecule has 1 unspecified atom stereocenters. The molecule has 134 valence electrons. The zero-order valence-corrected chi connectivity index (χ0v) is 14.4. The lowest BCUT2D eigenvalue weighted by Gasteiger charge is -2.30. The van der Waals surface area contributed by atoms with E-state index in [0.29, 0.717) is 0 Å². The topological polar surface area (TPSA) is 102 Å². The predicted molar refractivity (Wildman–Crippen MR) is 89.5 cm³/mol. The monoisotopic (exact) mass is 338 g/mol. The van der Waals surface area contributed by atoms with E-state index in [-0.39, 0.29) is 26.3 Å². The smallest absolute Gasteiger partial charge is 0.410 e. The Balaban J connectivity index is 2.76. The first-order valence-electron chi connectivity index (χ1n) is 7.78. The van der Waals surface area contributed by atoms with Crippen LogP contribution >= 0.6 is 0 Å². The third-order valence-corrected chi connectivity index (χ3v) is 3.15. The Labute approximate surface area is 142 Å². The maximum absolute atomic E-state index is 12.3. The highest BCUT2D eigenvalue weighted by atomic mass is 16.6. The van der Waals surface area contributed by atoms with Crippen LogP contribution in [0.4, 0.5) is 4.79 Å². The average Bonchev–Trinajstić information content (AvgIpc) is 2.51. The fraction of sp³-hybridized carbons (Fsp3) is 0.529. The molecule has 24 heavy (non-hydrogen) atoms. The zero-order chi connectivity index (χ0) is 18.2. The van der Waals surface area contributed by atoms with E-state index in [2.05, 4.69) is 0 Å². The van der Waals surface area contributed by atoms with Gasteiger partial charge in [0.15, 0.2) is 6.04 Å². The van der Waals surface area contributed by atoms with Crippen molar-refractivity contribution in [1.29, 1.82) is 0 Å². The van der Waals surface area contributed by atoms with Crippen molar-refractivity contribution in [2.45, 2.75) is 39.0 Å². The highest BCUT2D eigenvalue weighted by molar-refractivity contribution is 5.80. The lowest BCUT2D eigenvalue weighted by Crippen LogP contribution is -2.50. The van der Waals surface area contributed by atoms with Crippen LogP contribution in [-0.2, 0) is 20.9 Å². The Morgan fingerprint density at radius 3 is 2.38 bits per heavy atom. The summed E-state index contributed by atoms with van der Waals surface area (Å²) < 4.78 is 10.7. The molecule has 1 atom stereocenters. The van der Waals surface area contributed by atoms with Gasteiger partial charge in [-0.05, 0) is 26.3 Å². The summed E-state index contributed by atoms with van der Waals surface area (Å²) in [6, 6.07) is 8.00. The molecule has 0 bridgehead atoms. The van der Waals surface area contributed by atoms with Gasteiger partial charge in [-0.25, -0.2) is 9.59 Å². The van der Waals surface area contributed by atoms with Crippen molar-refractivity contribution >= 4 is 12.1 Å². The molecule has 7 heteroatoms. The third kappa shape index (κ3) is 6.97. The first kappa shape index (κ1) is 19.9. The molecule has 1 aromatic carbocycles. The van der Waals surface area contributed by atoms with Crippen LogP contribution in [0.15, 0.2) is 30.3 Å². The number of aliphatic carboxylic acids is 1. The molecule has 0 aliphatic rings. The minimum absolute atomic E-state index is 0.0627. The first-order valence-corrected chi connectivity index (χ1v) is 7.78. The van der Waals surface area contributed by atoms with Crippen LogP contribution in [0.25, 0.3) is 0 Å². The van der Waals surface area contributed by atoms with Crippen LogP contribution in [0.3, 0.4) is 0 Å². The molecule has 3 N–H and O–H groups in total. The van der Waals surface area contributed by atoms with Crippen LogP contribution in [0.1, 0.15) is 26.3 Å². The summed E-state index contributed by atoms with van der Waals surface area (Å²) in [5, 5.41) is 9.43. The second-order valence-electron chi connectivity index (χ2n) is 6.30. The molecule has 0 radical (unpaired) electrons. The van der Waals surface area contributed by atoms with Gasteiger partial charge in [-0.2, -0.15) is 0 Å². The predicted octanol–water partition coefficient (Wildman–Crippen LogP) is 1.85. The molecule has 7 nitrogen and oxygen atoms in total. The van der Waals surface area contributed by atoms with Crippen molar-refractivity contribution in [2.75, 3.05) is 19.7 Å². The minimum Gasteiger partial charge on any atom is -0.480 e. The van der Waals surface area contributed by atoms with E-state index < -0.39 is 23.7 Å². The highest BCUT2D eigenvalue weighted by Gasteiger charge is 2.32. The lowest BCUT2D eigenvalue weighted by molar-refractivity contribution is -0.147. The van der Waals surface area contributed by atoms with Crippen molar-refractivity contribution in [3.63, 3.8) is 0 Å². The Morgan fingerprint density at radius 2 is 1.88 bits per heavy atom. The Kier molecular flexibility index (Phi) is 7.67. The minimum atomic E-state index is -1.16. The zero-order valence-electron chi connectivity index (χ0n) is 14.4. The van der Waals surface area contributed by atoms with E-state index in [1.54, 1.807) is 0 Å². The highest BCUT2D eigenvalue weighted by Crippen LogP contribution is 2.12. The van der Waals surface area contributed by atoms with Crippen molar-refractivity contribution in [3.05, 3.63) is 35.9 Å². The normalized spacial score (nSPS) is 12.5. The number of carbonyl (C=O) groups is 2. The number of hydrogen-bond donors (Lipinski definition) is 2. The van der Waals surface area contributed by atoms with Crippen LogP contribution in [0, 0.1) is 0 Å². The molecular formula is C17H26N2O5. The number of carboxylic acid groups (broad SMARTS) is 1. The van der Waals surface area contributed by atoms with E-state index in [1.165, 1.54) is 0 Å². The Morgan fingerprint density at radius 1 is 1.25 bits per heavy atom. The van der Waals surface area contributed by atoms with E-state index in [0.717, 1.165) is 10.5 Å². The first-order chi connectivity index (χ1) is 11.2. The van der Waals surface area contributed by atoms with Crippen LogP contribution in [0.2, 0.25) is 0 Å². The van der Waals surface area contributed by atoms with Gasteiger partial charge in [-0.15, -0.1) is 0 Å². The fourth-order valence-corrected chi connectivity index (χ4v) is 1.94. The van der Waals surface area contributed by atoms with Gasteiger partial charge in [0.05, 0.1) is 12.2 Å². The average molecular weight is 338 g/mol. The van der Waals surface area contributed by atoms with Crippen LogP contribution in [0.5, 0.6) is 0 Å². The number of carbonyl (C=O) groups excluding carboxylic acids is 1. The summed E-state index contributed by atoms with van der Waals surface area (Å²) >= 11 is 0. The molecule has 0 aromatic heterocycles.